The van der Waals surface area contributed by atoms with Crippen LogP contribution in [0.4, 0.5) is 0 Å². The van der Waals surface area contributed by atoms with Gasteiger partial charge in [-0.2, -0.15) is 0 Å². The molecule has 0 spiro atoms. The molecule has 4 nitrogen and oxygen atoms in total. The number of ether oxygens (including phenoxy) is 1. The predicted octanol–water partition coefficient (Wildman–Crippen LogP) is 2.58. The number of morpholine rings is 1. The van der Waals surface area contributed by atoms with Gasteiger partial charge in [0.1, 0.15) is 17.4 Å². The third kappa shape index (κ3) is 2.59. The summed E-state index contributed by atoms with van der Waals surface area (Å²) in [6, 6.07) is 9.75. The fourth-order valence-corrected chi connectivity index (χ4v) is 2.69. The van der Waals surface area contributed by atoms with Crippen molar-refractivity contribution >= 4 is 11.0 Å². The first-order valence-electron chi connectivity index (χ1n) is 7.06. The predicted molar refractivity (Wildman–Crippen MR) is 77.6 cm³/mol. The van der Waals surface area contributed by atoms with E-state index in [1.54, 1.807) is 0 Å². The zero-order valence-electron chi connectivity index (χ0n) is 12.0. The van der Waals surface area contributed by atoms with Gasteiger partial charge in [-0.25, -0.2) is 0 Å². The molecule has 2 aromatic rings. The number of rotatable bonds is 3. The van der Waals surface area contributed by atoms with Crippen molar-refractivity contribution in [1.82, 2.24) is 4.90 Å². The maximum Gasteiger partial charge on any atom is 0.135 e. The Kier molecular flexibility index (Phi) is 3.54. The van der Waals surface area contributed by atoms with Gasteiger partial charge in [0.05, 0.1) is 13.2 Å². The lowest BCUT2D eigenvalue weighted by Crippen LogP contribution is -2.54. The number of hydrogen-bond acceptors (Lipinski definition) is 4. The number of nitrogens with zero attached hydrogens (tertiary/aromatic N) is 1. The molecular weight excluding hydrogens is 254 g/mol. The first-order chi connectivity index (χ1) is 9.56. The Bertz CT molecular complexity index is 557. The lowest BCUT2D eigenvalue weighted by Gasteiger charge is -2.42. The van der Waals surface area contributed by atoms with Crippen molar-refractivity contribution in [2.75, 3.05) is 26.3 Å². The van der Waals surface area contributed by atoms with E-state index < -0.39 is 6.10 Å². The van der Waals surface area contributed by atoms with Crippen LogP contribution in [0.15, 0.2) is 34.7 Å². The molecule has 0 amide bonds. The minimum absolute atomic E-state index is 0.0504. The molecular formula is C16H21NO3. The first kappa shape index (κ1) is 13.6. The van der Waals surface area contributed by atoms with Crippen molar-refractivity contribution in [2.45, 2.75) is 25.5 Å². The number of β-amino-alcohol motifs (C(OH)–C–C–N with tert-alkyl or cyclic N) is 1. The number of furan rings is 1. The van der Waals surface area contributed by atoms with Gasteiger partial charge in [0.15, 0.2) is 0 Å². The van der Waals surface area contributed by atoms with Crippen molar-refractivity contribution in [3.05, 3.63) is 36.1 Å². The standard InChI is InChI=1S/C16H21NO3/c1-16(2)11-19-8-7-17(16)10-13(18)15-9-12-5-3-4-6-14(12)20-15/h3-6,9,13,18H,7-8,10-11H2,1-2H3. The molecule has 0 radical (unpaired) electrons. The summed E-state index contributed by atoms with van der Waals surface area (Å²) in [6.07, 6.45) is -0.611. The Balaban J connectivity index is 1.76. The molecule has 1 aromatic carbocycles. The quantitative estimate of drug-likeness (QED) is 0.935. The van der Waals surface area contributed by atoms with E-state index in [2.05, 4.69) is 18.7 Å². The molecule has 20 heavy (non-hydrogen) atoms. The summed E-state index contributed by atoms with van der Waals surface area (Å²) < 4.78 is 11.2. The van der Waals surface area contributed by atoms with Crippen LogP contribution in [-0.4, -0.2) is 41.8 Å². The zero-order chi connectivity index (χ0) is 14.2. The molecule has 1 fully saturated rings. The lowest BCUT2D eigenvalue weighted by molar-refractivity contribution is -0.0686. The van der Waals surface area contributed by atoms with Crippen LogP contribution in [0.1, 0.15) is 25.7 Å². The largest absolute Gasteiger partial charge is 0.458 e. The van der Waals surface area contributed by atoms with Gasteiger partial charge in [0.2, 0.25) is 0 Å². The number of hydrogen-bond donors (Lipinski definition) is 1. The van der Waals surface area contributed by atoms with Gasteiger partial charge in [-0.15, -0.1) is 0 Å². The summed E-state index contributed by atoms with van der Waals surface area (Å²) in [5.41, 5.74) is 0.772. The molecule has 3 rings (SSSR count). The van der Waals surface area contributed by atoms with Crippen LogP contribution in [-0.2, 0) is 4.74 Å². The Hall–Kier alpha value is -1.36. The molecule has 1 unspecified atom stereocenters. The van der Waals surface area contributed by atoms with Crippen LogP contribution >= 0.6 is 0 Å². The van der Waals surface area contributed by atoms with Gasteiger partial charge in [0.25, 0.3) is 0 Å². The van der Waals surface area contributed by atoms with E-state index in [-0.39, 0.29) is 5.54 Å². The molecule has 108 valence electrons. The maximum atomic E-state index is 10.4. The molecule has 1 aliphatic rings. The lowest BCUT2D eigenvalue weighted by atomic mass is 10.0. The summed E-state index contributed by atoms with van der Waals surface area (Å²) in [5.74, 6) is 0.633. The Labute approximate surface area is 118 Å². The number of para-hydroxylation sites is 1. The van der Waals surface area contributed by atoms with Crippen LogP contribution in [0, 0.1) is 0 Å². The number of fused-ring (bicyclic) bond motifs is 1. The Morgan fingerprint density at radius 3 is 2.90 bits per heavy atom. The van der Waals surface area contributed by atoms with E-state index in [1.807, 2.05) is 30.3 Å². The van der Waals surface area contributed by atoms with E-state index in [9.17, 15) is 5.11 Å². The highest BCUT2D eigenvalue weighted by Crippen LogP contribution is 2.27. The Morgan fingerprint density at radius 1 is 1.35 bits per heavy atom. The van der Waals surface area contributed by atoms with E-state index in [1.165, 1.54) is 0 Å². The van der Waals surface area contributed by atoms with E-state index >= 15 is 0 Å². The van der Waals surface area contributed by atoms with Crippen LogP contribution in [0.25, 0.3) is 11.0 Å². The van der Waals surface area contributed by atoms with Crippen LogP contribution < -0.4 is 0 Å². The van der Waals surface area contributed by atoms with Crippen molar-refractivity contribution in [3.8, 4) is 0 Å². The van der Waals surface area contributed by atoms with Gasteiger partial charge < -0.3 is 14.3 Å². The highest BCUT2D eigenvalue weighted by atomic mass is 16.5. The van der Waals surface area contributed by atoms with Gasteiger partial charge in [-0.3, -0.25) is 4.90 Å². The minimum atomic E-state index is -0.611. The summed E-state index contributed by atoms with van der Waals surface area (Å²) in [5, 5.41) is 11.5. The average molecular weight is 275 g/mol. The molecule has 4 heteroatoms. The Morgan fingerprint density at radius 2 is 2.15 bits per heavy atom. The first-order valence-corrected chi connectivity index (χ1v) is 7.06. The van der Waals surface area contributed by atoms with E-state index in [0.29, 0.717) is 18.9 Å². The fraction of sp³-hybridized carbons (Fsp3) is 0.500. The van der Waals surface area contributed by atoms with Crippen LogP contribution in [0.3, 0.4) is 0 Å². The van der Waals surface area contributed by atoms with E-state index in [0.717, 1.165) is 24.1 Å². The fourth-order valence-electron chi connectivity index (χ4n) is 2.69. The highest BCUT2D eigenvalue weighted by molar-refractivity contribution is 5.77. The van der Waals surface area contributed by atoms with Crippen molar-refractivity contribution in [3.63, 3.8) is 0 Å². The molecule has 1 aliphatic heterocycles. The molecule has 0 bridgehead atoms. The molecule has 0 saturated carbocycles. The SMILES string of the molecule is CC1(C)COCCN1CC(O)c1cc2ccccc2o1. The molecule has 1 N–H and O–H groups in total. The third-order valence-electron chi connectivity index (χ3n) is 3.98. The second-order valence-electron chi connectivity index (χ2n) is 6.01. The van der Waals surface area contributed by atoms with Crippen LogP contribution in [0.5, 0.6) is 0 Å². The van der Waals surface area contributed by atoms with Crippen LogP contribution in [0.2, 0.25) is 0 Å². The topological polar surface area (TPSA) is 45.8 Å². The van der Waals surface area contributed by atoms with Gasteiger partial charge in [-0.1, -0.05) is 18.2 Å². The van der Waals surface area contributed by atoms with Crippen molar-refractivity contribution in [2.24, 2.45) is 0 Å². The zero-order valence-corrected chi connectivity index (χ0v) is 12.0. The molecule has 1 saturated heterocycles. The molecule has 2 heterocycles. The van der Waals surface area contributed by atoms with Gasteiger partial charge >= 0.3 is 0 Å². The molecule has 1 aromatic heterocycles. The normalized spacial score (nSPS) is 21.1. The van der Waals surface area contributed by atoms with Gasteiger partial charge in [0, 0.05) is 24.0 Å². The second-order valence-corrected chi connectivity index (χ2v) is 6.01. The van der Waals surface area contributed by atoms with Crippen molar-refractivity contribution < 1.29 is 14.3 Å². The maximum absolute atomic E-state index is 10.4. The van der Waals surface area contributed by atoms with Gasteiger partial charge in [-0.05, 0) is 26.0 Å². The third-order valence-corrected chi connectivity index (χ3v) is 3.98. The summed E-state index contributed by atoms with van der Waals surface area (Å²) in [4.78, 5) is 2.26. The second kappa shape index (κ2) is 5.20. The molecule has 0 aliphatic carbocycles. The average Bonchev–Trinajstić information content (AvgIpc) is 2.85. The number of aliphatic hydroxyl groups excluding tert-OH is 1. The number of benzene rings is 1. The molecule has 1 atom stereocenters. The highest BCUT2D eigenvalue weighted by Gasteiger charge is 2.32. The summed E-state index contributed by atoms with van der Waals surface area (Å²) >= 11 is 0. The number of aliphatic hydroxyl groups is 1. The van der Waals surface area contributed by atoms with Crippen molar-refractivity contribution in [1.29, 1.82) is 0 Å². The minimum Gasteiger partial charge on any atom is -0.458 e. The van der Waals surface area contributed by atoms with E-state index in [4.69, 9.17) is 9.15 Å². The summed E-state index contributed by atoms with van der Waals surface area (Å²) in [6.45, 7) is 7.09. The smallest absolute Gasteiger partial charge is 0.135 e. The summed E-state index contributed by atoms with van der Waals surface area (Å²) in [7, 11) is 0. The monoisotopic (exact) mass is 275 g/mol.